The van der Waals surface area contributed by atoms with Gasteiger partial charge in [-0.05, 0) is 31.2 Å². The van der Waals surface area contributed by atoms with Crippen molar-refractivity contribution >= 4 is 11.9 Å². The zero-order valence-corrected chi connectivity index (χ0v) is 17.0. The van der Waals surface area contributed by atoms with Gasteiger partial charge in [-0.25, -0.2) is 9.59 Å². The number of aryl methyl sites for hydroxylation is 2. The van der Waals surface area contributed by atoms with Crippen LogP contribution in [0.25, 0.3) is 22.6 Å². The first-order chi connectivity index (χ1) is 14.9. The minimum Gasteiger partial charge on any atom is -0.478 e. The van der Waals surface area contributed by atoms with Gasteiger partial charge < -0.3 is 18.9 Å². The number of rotatable bonds is 4. The Hall–Kier alpha value is -4.27. The van der Waals surface area contributed by atoms with E-state index in [2.05, 4.69) is 20.0 Å². The summed E-state index contributed by atoms with van der Waals surface area (Å²) in [5.74, 6) is 0.446. The lowest BCUT2D eigenvalue weighted by Gasteiger charge is -1.99. The second kappa shape index (κ2) is 9.49. The van der Waals surface area contributed by atoms with Crippen molar-refractivity contribution in [3.63, 3.8) is 0 Å². The van der Waals surface area contributed by atoms with E-state index in [1.165, 1.54) is 7.11 Å². The molecule has 31 heavy (non-hydrogen) atoms. The molecule has 0 aliphatic rings. The number of carbonyl (C=O) groups excluding carboxylic acids is 1. The molecule has 0 atom stereocenters. The molecule has 0 aliphatic carbocycles. The van der Waals surface area contributed by atoms with Crippen LogP contribution in [0.1, 0.15) is 32.4 Å². The maximum atomic E-state index is 11.2. The summed E-state index contributed by atoms with van der Waals surface area (Å²) in [6.45, 7) is 3.53. The second-order valence-corrected chi connectivity index (χ2v) is 6.41. The standard InChI is InChI=1S/C11H10N2O3.C11H9NO3/c1-7-12-10(13-16-7)8-3-5-9(6-4-8)11(14)15-2;1-7-6-10(12-15-7)8-2-4-9(5-3-8)11(13)14/h3-6H,1-2H3;2-6H,1H3,(H,13,14). The van der Waals surface area contributed by atoms with Crippen molar-refractivity contribution in [3.8, 4) is 22.6 Å². The summed E-state index contributed by atoms with van der Waals surface area (Å²) in [4.78, 5) is 25.9. The number of aromatic carboxylic acids is 1. The highest BCUT2D eigenvalue weighted by atomic mass is 16.5. The molecule has 9 nitrogen and oxygen atoms in total. The number of benzene rings is 2. The molecule has 0 aliphatic heterocycles. The summed E-state index contributed by atoms with van der Waals surface area (Å²) >= 11 is 0. The van der Waals surface area contributed by atoms with Crippen LogP contribution in [-0.4, -0.2) is 39.5 Å². The van der Waals surface area contributed by atoms with Crippen LogP contribution < -0.4 is 0 Å². The van der Waals surface area contributed by atoms with Gasteiger partial charge >= 0.3 is 11.9 Å². The maximum Gasteiger partial charge on any atom is 0.337 e. The lowest BCUT2D eigenvalue weighted by molar-refractivity contribution is 0.0600. The van der Waals surface area contributed by atoms with Crippen molar-refractivity contribution in [3.05, 3.63) is 77.4 Å². The van der Waals surface area contributed by atoms with Gasteiger partial charge in [-0.15, -0.1) is 0 Å². The first kappa shape index (κ1) is 21.4. The van der Waals surface area contributed by atoms with Crippen LogP contribution in [0.15, 0.2) is 63.6 Å². The zero-order valence-electron chi connectivity index (χ0n) is 17.0. The van der Waals surface area contributed by atoms with Gasteiger partial charge in [-0.1, -0.05) is 34.6 Å². The van der Waals surface area contributed by atoms with Crippen molar-refractivity contribution in [2.45, 2.75) is 13.8 Å². The molecule has 0 radical (unpaired) electrons. The number of ether oxygens (including phenoxy) is 1. The molecule has 0 saturated carbocycles. The van der Waals surface area contributed by atoms with Crippen molar-refractivity contribution in [1.29, 1.82) is 0 Å². The Kier molecular flexibility index (Phi) is 6.56. The number of carboxylic acid groups (broad SMARTS) is 1. The smallest absolute Gasteiger partial charge is 0.337 e. The van der Waals surface area contributed by atoms with Gasteiger partial charge in [-0.3, -0.25) is 0 Å². The molecule has 4 aromatic rings. The van der Waals surface area contributed by atoms with E-state index in [1.54, 1.807) is 61.5 Å². The molecule has 2 heterocycles. The molecule has 0 spiro atoms. The largest absolute Gasteiger partial charge is 0.478 e. The molecule has 0 bridgehead atoms. The Morgan fingerprint density at radius 2 is 1.48 bits per heavy atom. The van der Waals surface area contributed by atoms with E-state index in [0.29, 0.717) is 23.0 Å². The highest BCUT2D eigenvalue weighted by Gasteiger charge is 2.08. The predicted octanol–water partition coefficient (Wildman–Crippen LogP) is 4.18. The minimum absolute atomic E-state index is 0.263. The van der Waals surface area contributed by atoms with Gasteiger partial charge in [0, 0.05) is 24.1 Å². The van der Waals surface area contributed by atoms with E-state index in [9.17, 15) is 9.59 Å². The molecular formula is C22H19N3O6. The Bertz CT molecular complexity index is 1180. The van der Waals surface area contributed by atoms with Gasteiger partial charge in [0.2, 0.25) is 11.7 Å². The van der Waals surface area contributed by atoms with Crippen molar-refractivity contribution in [1.82, 2.24) is 15.3 Å². The van der Waals surface area contributed by atoms with Crippen molar-refractivity contribution in [2.75, 3.05) is 7.11 Å². The zero-order chi connectivity index (χ0) is 22.4. The molecular weight excluding hydrogens is 402 g/mol. The van der Waals surface area contributed by atoms with Crippen molar-refractivity contribution in [2.24, 2.45) is 0 Å². The lowest BCUT2D eigenvalue weighted by Crippen LogP contribution is -2.00. The van der Waals surface area contributed by atoms with Crippen LogP contribution in [0.3, 0.4) is 0 Å². The quantitative estimate of drug-likeness (QED) is 0.482. The summed E-state index contributed by atoms with van der Waals surface area (Å²) in [6.07, 6.45) is 0. The third-order valence-electron chi connectivity index (χ3n) is 4.15. The molecule has 0 fully saturated rings. The van der Waals surface area contributed by atoms with E-state index >= 15 is 0 Å². The van der Waals surface area contributed by atoms with Gasteiger partial charge in [-0.2, -0.15) is 4.98 Å². The van der Waals surface area contributed by atoms with E-state index in [-0.39, 0.29) is 11.5 Å². The number of hydrogen-bond acceptors (Lipinski definition) is 8. The van der Waals surface area contributed by atoms with E-state index in [4.69, 9.17) is 14.2 Å². The number of aromatic nitrogens is 3. The van der Waals surface area contributed by atoms with Crippen LogP contribution in [0.2, 0.25) is 0 Å². The molecule has 9 heteroatoms. The summed E-state index contributed by atoms with van der Waals surface area (Å²) in [5, 5.41) is 16.3. The fourth-order valence-electron chi connectivity index (χ4n) is 2.58. The number of methoxy groups -OCH3 is 1. The van der Waals surface area contributed by atoms with Gasteiger partial charge in [0.1, 0.15) is 11.5 Å². The molecule has 2 aromatic carbocycles. The molecule has 158 valence electrons. The fraction of sp³-hybridized carbons (Fsp3) is 0.136. The number of carboxylic acids is 1. The Balaban J connectivity index is 0.000000176. The van der Waals surface area contributed by atoms with Crippen LogP contribution in [0.4, 0.5) is 0 Å². The third-order valence-corrected chi connectivity index (χ3v) is 4.15. The number of hydrogen-bond donors (Lipinski definition) is 1. The SMILES string of the molecule is COC(=O)c1ccc(-c2noc(C)n2)cc1.Cc1cc(-c2ccc(C(=O)O)cc2)no1. The first-order valence-electron chi connectivity index (χ1n) is 9.13. The molecule has 0 unspecified atom stereocenters. The summed E-state index contributed by atoms with van der Waals surface area (Å²) in [6, 6.07) is 15.1. The van der Waals surface area contributed by atoms with Gasteiger partial charge in [0.15, 0.2) is 0 Å². The topological polar surface area (TPSA) is 129 Å². The Morgan fingerprint density at radius 3 is 1.97 bits per heavy atom. The van der Waals surface area contributed by atoms with Crippen LogP contribution in [0.5, 0.6) is 0 Å². The third kappa shape index (κ3) is 5.41. The van der Waals surface area contributed by atoms with E-state index in [0.717, 1.165) is 16.9 Å². The number of esters is 1. The minimum atomic E-state index is -0.933. The van der Waals surface area contributed by atoms with E-state index < -0.39 is 5.97 Å². The summed E-state index contributed by atoms with van der Waals surface area (Å²) in [7, 11) is 1.35. The van der Waals surface area contributed by atoms with Crippen LogP contribution in [-0.2, 0) is 4.74 Å². The first-order valence-corrected chi connectivity index (χ1v) is 9.13. The van der Waals surface area contributed by atoms with Crippen LogP contribution in [0, 0.1) is 13.8 Å². The average molecular weight is 421 g/mol. The lowest BCUT2D eigenvalue weighted by atomic mass is 10.1. The number of carbonyl (C=O) groups is 2. The number of nitrogens with zero attached hydrogens (tertiary/aromatic N) is 3. The van der Waals surface area contributed by atoms with Gasteiger partial charge in [0.25, 0.3) is 0 Å². The molecule has 0 saturated heterocycles. The average Bonchev–Trinajstić information content (AvgIpc) is 3.42. The molecule has 2 aromatic heterocycles. The molecule has 1 N–H and O–H groups in total. The normalized spacial score (nSPS) is 10.2. The molecule has 0 amide bonds. The maximum absolute atomic E-state index is 11.2. The highest BCUT2D eigenvalue weighted by molar-refractivity contribution is 5.89. The monoisotopic (exact) mass is 421 g/mol. The molecule has 4 rings (SSSR count). The second-order valence-electron chi connectivity index (χ2n) is 6.41. The predicted molar refractivity (Wildman–Crippen MR) is 109 cm³/mol. The highest BCUT2D eigenvalue weighted by Crippen LogP contribution is 2.19. The Labute approximate surface area is 177 Å². The van der Waals surface area contributed by atoms with Crippen LogP contribution >= 0.6 is 0 Å². The fourth-order valence-corrected chi connectivity index (χ4v) is 2.58. The van der Waals surface area contributed by atoms with Gasteiger partial charge in [0.05, 0.1) is 18.2 Å². The summed E-state index contributed by atoms with van der Waals surface area (Å²) in [5.41, 5.74) is 3.11. The van der Waals surface area contributed by atoms with E-state index in [1.807, 2.05) is 6.92 Å². The van der Waals surface area contributed by atoms with Crippen molar-refractivity contribution < 1.29 is 28.5 Å². The summed E-state index contributed by atoms with van der Waals surface area (Å²) < 4.78 is 14.4. The Morgan fingerprint density at radius 1 is 0.871 bits per heavy atom.